The molecule has 1 heterocycles. The number of esters is 1. The van der Waals surface area contributed by atoms with Crippen LogP contribution in [-0.2, 0) is 28.5 Å². The van der Waals surface area contributed by atoms with E-state index in [1.807, 2.05) is 0 Å². The maximum absolute atomic E-state index is 13.2. The molecule has 0 unspecified atom stereocenters. The number of carbonyl (C=O) groups is 3. The van der Waals surface area contributed by atoms with Gasteiger partial charge in [-0.25, -0.2) is 9.78 Å². The summed E-state index contributed by atoms with van der Waals surface area (Å²) in [7, 11) is 1.03. The summed E-state index contributed by atoms with van der Waals surface area (Å²) in [5.74, 6) is -0.859. The van der Waals surface area contributed by atoms with Crippen LogP contribution in [0.4, 0.5) is 13.2 Å². The van der Waals surface area contributed by atoms with Gasteiger partial charge in [0.2, 0.25) is 0 Å². The topological polar surface area (TPSA) is 86.2 Å². The minimum atomic E-state index is -4.84. The number of nitrogens with zero attached hydrogens (tertiary/aromatic N) is 2. The first-order valence-electron chi connectivity index (χ1n) is 7.79. The van der Waals surface area contributed by atoms with E-state index >= 15 is 0 Å². The predicted molar refractivity (Wildman–Crippen MR) is 90.4 cm³/mol. The Balaban J connectivity index is 2.38. The van der Waals surface area contributed by atoms with Crippen LogP contribution in [0.5, 0.6) is 0 Å². The quantitative estimate of drug-likeness (QED) is 0.326. The highest BCUT2D eigenvalue weighted by Crippen LogP contribution is 2.30. The number of benzene rings is 1. The molecular weight excluding hydrogens is 377 g/mol. The number of terminal acetylenes is 1. The molecule has 2 rings (SSSR count). The van der Waals surface area contributed by atoms with Gasteiger partial charge in [-0.1, -0.05) is 24.3 Å². The standard InChI is InChI=1S/C19H13F3N2O4/c1-3-6-13-17(19(20,21)22)24-14(10-23-13)15(25)9-11-7-4-5-8-12(11)16(26)18(27)28-2/h1,4-5,7-8,10H,6,9H2,2H3. The van der Waals surface area contributed by atoms with Crippen LogP contribution in [0.25, 0.3) is 0 Å². The first-order valence-corrected chi connectivity index (χ1v) is 7.79. The highest BCUT2D eigenvalue weighted by molar-refractivity contribution is 6.41. The van der Waals surface area contributed by atoms with E-state index in [1.165, 1.54) is 24.3 Å². The molecule has 0 aliphatic heterocycles. The summed E-state index contributed by atoms with van der Waals surface area (Å²) < 4.78 is 43.8. The highest BCUT2D eigenvalue weighted by atomic mass is 19.4. The molecule has 0 N–H and O–H groups in total. The lowest BCUT2D eigenvalue weighted by atomic mass is 9.98. The first kappa shape index (κ1) is 20.8. The third-order valence-electron chi connectivity index (χ3n) is 3.66. The molecule has 0 aliphatic carbocycles. The first-order chi connectivity index (χ1) is 13.2. The number of hydrogen-bond donors (Lipinski definition) is 0. The van der Waals surface area contributed by atoms with Gasteiger partial charge in [-0.2, -0.15) is 13.2 Å². The number of alkyl halides is 3. The molecule has 0 radical (unpaired) electrons. The second-order valence-electron chi connectivity index (χ2n) is 5.51. The van der Waals surface area contributed by atoms with E-state index in [1.54, 1.807) is 0 Å². The van der Waals surface area contributed by atoms with Crippen LogP contribution in [0, 0.1) is 12.3 Å². The van der Waals surface area contributed by atoms with Gasteiger partial charge in [-0.3, -0.25) is 14.6 Å². The van der Waals surface area contributed by atoms with E-state index < -0.39 is 53.6 Å². The molecule has 28 heavy (non-hydrogen) atoms. The molecule has 1 aromatic carbocycles. The molecule has 2 aromatic rings. The maximum atomic E-state index is 13.2. The van der Waals surface area contributed by atoms with E-state index in [4.69, 9.17) is 6.42 Å². The predicted octanol–water partition coefficient (Wildman–Crippen LogP) is 2.45. The Hall–Kier alpha value is -3.54. The van der Waals surface area contributed by atoms with E-state index in [0.717, 1.165) is 13.3 Å². The number of carbonyl (C=O) groups excluding carboxylic acids is 3. The second-order valence-corrected chi connectivity index (χ2v) is 5.51. The molecule has 9 heteroatoms. The fourth-order valence-corrected chi connectivity index (χ4v) is 2.36. The van der Waals surface area contributed by atoms with Crippen LogP contribution in [-0.4, -0.2) is 34.6 Å². The fraction of sp³-hybridized carbons (Fsp3) is 0.211. The third kappa shape index (κ3) is 4.59. The summed E-state index contributed by atoms with van der Waals surface area (Å²) in [6.45, 7) is 0. The molecule has 0 atom stereocenters. The number of halogens is 3. The van der Waals surface area contributed by atoms with Crippen LogP contribution < -0.4 is 0 Å². The van der Waals surface area contributed by atoms with Gasteiger partial charge >= 0.3 is 12.1 Å². The van der Waals surface area contributed by atoms with Gasteiger partial charge in [0.1, 0.15) is 5.69 Å². The van der Waals surface area contributed by atoms with E-state index in [2.05, 4.69) is 20.6 Å². The van der Waals surface area contributed by atoms with Crippen molar-refractivity contribution in [2.75, 3.05) is 7.11 Å². The largest absolute Gasteiger partial charge is 0.463 e. The van der Waals surface area contributed by atoms with Crippen molar-refractivity contribution >= 4 is 17.5 Å². The average molecular weight is 390 g/mol. The van der Waals surface area contributed by atoms with Crippen molar-refractivity contribution in [2.24, 2.45) is 0 Å². The lowest BCUT2D eigenvalue weighted by Gasteiger charge is -2.11. The molecule has 0 aliphatic rings. The van der Waals surface area contributed by atoms with Crippen molar-refractivity contribution in [3.8, 4) is 12.3 Å². The van der Waals surface area contributed by atoms with Crippen LogP contribution in [0.1, 0.15) is 37.8 Å². The van der Waals surface area contributed by atoms with Crippen LogP contribution >= 0.6 is 0 Å². The number of aromatic nitrogens is 2. The number of rotatable bonds is 6. The molecule has 0 amide bonds. The normalized spacial score (nSPS) is 10.8. The number of ether oxygens (including phenoxy) is 1. The highest BCUT2D eigenvalue weighted by Gasteiger charge is 2.37. The zero-order valence-electron chi connectivity index (χ0n) is 14.5. The van der Waals surface area contributed by atoms with Crippen LogP contribution in [0.2, 0.25) is 0 Å². The lowest BCUT2D eigenvalue weighted by Crippen LogP contribution is -2.20. The zero-order valence-corrected chi connectivity index (χ0v) is 14.5. The Morgan fingerprint density at radius 1 is 1.21 bits per heavy atom. The zero-order chi connectivity index (χ0) is 20.9. The number of Topliss-reactive ketones (excluding diaryl/α,β-unsaturated/α-hetero) is 2. The van der Waals surface area contributed by atoms with Crippen molar-refractivity contribution in [1.29, 1.82) is 0 Å². The number of methoxy groups -OCH3 is 1. The SMILES string of the molecule is C#CCc1ncc(C(=O)Cc2ccccc2C(=O)C(=O)OC)nc1C(F)(F)F. The van der Waals surface area contributed by atoms with Gasteiger partial charge < -0.3 is 4.74 Å². The molecule has 0 saturated carbocycles. The third-order valence-corrected chi connectivity index (χ3v) is 3.66. The molecule has 144 valence electrons. The number of ketones is 2. The monoisotopic (exact) mass is 390 g/mol. The van der Waals surface area contributed by atoms with Crippen molar-refractivity contribution in [1.82, 2.24) is 9.97 Å². The summed E-state index contributed by atoms with van der Waals surface area (Å²) in [6, 6.07) is 5.70. The molecule has 0 bridgehead atoms. The molecular formula is C19H13F3N2O4. The minimum Gasteiger partial charge on any atom is -0.463 e. The van der Waals surface area contributed by atoms with E-state index in [9.17, 15) is 27.6 Å². The van der Waals surface area contributed by atoms with E-state index in [-0.39, 0.29) is 11.1 Å². The maximum Gasteiger partial charge on any atom is 0.435 e. The van der Waals surface area contributed by atoms with Crippen LogP contribution in [0.3, 0.4) is 0 Å². The van der Waals surface area contributed by atoms with Gasteiger partial charge in [-0.15, -0.1) is 12.3 Å². The molecule has 0 saturated heterocycles. The Morgan fingerprint density at radius 3 is 2.50 bits per heavy atom. The van der Waals surface area contributed by atoms with Crippen LogP contribution in [0.15, 0.2) is 30.5 Å². The second kappa shape index (κ2) is 8.43. The van der Waals surface area contributed by atoms with Crippen molar-refractivity contribution in [2.45, 2.75) is 19.0 Å². The fourth-order valence-electron chi connectivity index (χ4n) is 2.36. The number of hydrogen-bond acceptors (Lipinski definition) is 6. The minimum absolute atomic E-state index is 0.0874. The molecule has 1 aromatic heterocycles. The van der Waals surface area contributed by atoms with Gasteiger partial charge in [0.25, 0.3) is 5.78 Å². The smallest absolute Gasteiger partial charge is 0.435 e. The molecule has 0 fully saturated rings. The average Bonchev–Trinajstić information content (AvgIpc) is 2.66. The Bertz CT molecular complexity index is 978. The van der Waals surface area contributed by atoms with E-state index in [0.29, 0.717) is 0 Å². The van der Waals surface area contributed by atoms with Gasteiger partial charge in [0.15, 0.2) is 11.5 Å². The summed E-state index contributed by atoms with van der Waals surface area (Å²) in [5, 5.41) is 0. The summed E-state index contributed by atoms with van der Waals surface area (Å²) in [5.41, 5.74) is -2.28. The molecule has 0 spiro atoms. The summed E-state index contributed by atoms with van der Waals surface area (Å²) in [4.78, 5) is 42.9. The van der Waals surface area contributed by atoms with Crippen molar-refractivity contribution in [3.63, 3.8) is 0 Å². The molecule has 6 nitrogen and oxygen atoms in total. The Kier molecular flexibility index (Phi) is 6.26. The Labute approximate surface area is 157 Å². The lowest BCUT2D eigenvalue weighted by molar-refractivity contribution is -0.142. The van der Waals surface area contributed by atoms with Crippen molar-refractivity contribution < 1.29 is 32.3 Å². The summed E-state index contributed by atoms with van der Waals surface area (Å²) in [6.07, 6.45) is 0.236. The van der Waals surface area contributed by atoms with Gasteiger partial charge in [0, 0.05) is 12.0 Å². The summed E-state index contributed by atoms with van der Waals surface area (Å²) >= 11 is 0. The van der Waals surface area contributed by atoms with Gasteiger partial charge in [0.05, 0.1) is 25.4 Å². The Morgan fingerprint density at radius 2 is 1.89 bits per heavy atom. The van der Waals surface area contributed by atoms with Gasteiger partial charge in [-0.05, 0) is 5.56 Å². The van der Waals surface area contributed by atoms with Crippen molar-refractivity contribution in [3.05, 3.63) is 58.7 Å².